The third kappa shape index (κ3) is 4.68. The predicted octanol–water partition coefficient (Wildman–Crippen LogP) is 1.74. The van der Waals surface area contributed by atoms with Crippen molar-refractivity contribution in [2.75, 3.05) is 30.8 Å². The van der Waals surface area contributed by atoms with E-state index < -0.39 is 14.8 Å². The molecule has 1 atom stereocenters. The number of hydrogen-bond donors (Lipinski definition) is 1. The molecule has 1 aliphatic rings. The van der Waals surface area contributed by atoms with Crippen LogP contribution in [-0.2, 0) is 14.6 Å². The highest BCUT2D eigenvalue weighted by Gasteiger charge is 2.29. The summed E-state index contributed by atoms with van der Waals surface area (Å²) in [5, 5.41) is 14.3. The van der Waals surface area contributed by atoms with E-state index in [9.17, 15) is 23.3 Å². The number of carbonyl (C=O) groups excluding carboxylic acids is 1. The van der Waals surface area contributed by atoms with Crippen LogP contribution in [-0.4, -0.2) is 45.1 Å². The zero-order chi connectivity index (χ0) is 18.6. The van der Waals surface area contributed by atoms with Gasteiger partial charge in [0, 0.05) is 32.0 Å². The van der Waals surface area contributed by atoms with Gasteiger partial charge in [-0.1, -0.05) is 6.92 Å². The molecule has 1 aromatic rings. The lowest BCUT2D eigenvalue weighted by atomic mass is 9.96. The lowest BCUT2D eigenvalue weighted by Gasteiger charge is -2.33. The second-order valence-electron chi connectivity index (χ2n) is 6.26. The fourth-order valence-electron chi connectivity index (χ4n) is 2.95. The fourth-order valence-corrected chi connectivity index (χ4v) is 3.59. The first-order chi connectivity index (χ1) is 11.7. The van der Waals surface area contributed by atoms with Crippen LogP contribution in [0.25, 0.3) is 0 Å². The van der Waals surface area contributed by atoms with E-state index in [0.717, 1.165) is 31.6 Å². The zero-order valence-corrected chi connectivity index (χ0v) is 15.2. The topological polar surface area (TPSA) is 110 Å². The molecular weight excluding hydrogens is 346 g/mol. The number of nitro groups is 1. The first kappa shape index (κ1) is 19.2. The Hall–Kier alpha value is -2.16. The summed E-state index contributed by atoms with van der Waals surface area (Å²) in [6, 6.07) is 3.92. The number of amides is 1. The Morgan fingerprint density at radius 1 is 1.44 bits per heavy atom. The average Bonchev–Trinajstić information content (AvgIpc) is 2.58. The molecule has 1 heterocycles. The van der Waals surface area contributed by atoms with Crippen LogP contribution in [0, 0.1) is 16.0 Å². The van der Waals surface area contributed by atoms with Crippen LogP contribution in [0.3, 0.4) is 0 Å². The number of anilines is 1. The Labute approximate surface area is 147 Å². The lowest BCUT2D eigenvalue weighted by molar-refractivity contribution is -0.384. The van der Waals surface area contributed by atoms with Gasteiger partial charge in [-0.25, -0.2) is 8.42 Å². The highest BCUT2D eigenvalue weighted by molar-refractivity contribution is 7.90. The van der Waals surface area contributed by atoms with Gasteiger partial charge in [0.05, 0.1) is 15.7 Å². The van der Waals surface area contributed by atoms with Gasteiger partial charge in [0.25, 0.3) is 5.69 Å². The smallest absolute Gasteiger partial charge is 0.293 e. The molecule has 0 radical (unpaired) electrons. The standard InChI is InChI=1S/C16H23N3O5S/c1-3-8-17-16(20)12-5-4-9-18(11-12)14-7-6-13(25(2,23)24)10-15(14)19(21)22/h6-7,10,12H,3-5,8-9,11H2,1-2H3,(H,17,20). The van der Waals surface area contributed by atoms with E-state index in [-0.39, 0.29) is 22.4 Å². The maximum atomic E-state index is 12.2. The van der Waals surface area contributed by atoms with Crippen molar-refractivity contribution in [2.45, 2.75) is 31.1 Å². The highest BCUT2D eigenvalue weighted by Crippen LogP contribution is 2.33. The second-order valence-corrected chi connectivity index (χ2v) is 8.27. The molecule has 1 amide bonds. The van der Waals surface area contributed by atoms with E-state index in [1.807, 2.05) is 6.92 Å². The summed E-state index contributed by atoms with van der Waals surface area (Å²) in [5.41, 5.74) is 0.0999. The molecule has 1 fully saturated rings. The number of nitro benzene ring substituents is 1. The van der Waals surface area contributed by atoms with E-state index in [2.05, 4.69) is 5.32 Å². The molecule has 0 saturated carbocycles. The Bertz CT molecular complexity index is 763. The number of nitrogens with one attached hydrogen (secondary N) is 1. The number of rotatable bonds is 6. The molecule has 1 N–H and O–H groups in total. The van der Waals surface area contributed by atoms with Gasteiger partial charge in [-0.2, -0.15) is 0 Å². The van der Waals surface area contributed by atoms with Crippen LogP contribution < -0.4 is 10.2 Å². The molecule has 1 aromatic carbocycles. The second kappa shape index (κ2) is 7.81. The molecule has 1 saturated heterocycles. The first-order valence-corrected chi connectivity index (χ1v) is 10.1. The normalized spacial score (nSPS) is 18.0. The molecule has 9 heteroatoms. The maximum Gasteiger partial charge on any atom is 0.293 e. The van der Waals surface area contributed by atoms with Gasteiger partial charge < -0.3 is 10.2 Å². The Kier molecular flexibility index (Phi) is 5.99. The van der Waals surface area contributed by atoms with Crippen LogP contribution in [0.15, 0.2) is 23.1 Å². The maximum absolute atomic E-state index is 12.2. The molecule has 0 spiro atoms. The molecule has 8 nitrogen and oxygen atoms in total. The van der Waals surface area contributed by atoms with E-state index >= 15 is 0 Å². The number of carbonyl (C=O) groups is 1. The molecule has 0 bridgehead atoms. The van der Waals surface area contributed by atoms with Crippen molar-refractivity contribution in [1.82, 2.24) is 5.32 Å². The third-order valence-electron chi connectivity index (χ3n) is 4.25. The molecule has 1 unspecified atom stereocenters. The van der Waals surface area contributed by atoms with Crippen molar-refractivity contribution < 1.29 is 18.1 Å². The number of nitrogens with zero attached hydrogens (tertiary/aromatic N) is 2. The molecule has 1 aliphatic heterocycles. The number of benzene rings is 1. The van der Waals surface area contributed by atoms with Crippen LogP contribution in [0.5, 0.6) is 0 Å². The average molecular weight is 369 g/mol. The van der Waals surface area contributed by atoms with Gasteiger partial charge in [-0.15, -0.1) is 0 Å². The summed E-state index contributed by atoms with van der Waals surface area (Å²) in [6.45, 7) is 3.56. The van der Waals surface area contributed by atoms with E-state index in [0.29, 0.717) is 25.3 Å². The minimum absolute atomic E-state index is 0.0399. The summed E-state index contributed by atoms with van der Waals surface area (Å²) in [6.07, 6.45) is 3.35. The monoisotopic (exact) mass is 369 g/mol. The van der Waals surface area contributed by atoms with E-state index in [4.69, 9.17) is 0 Å². The van der Waals surface area contributed by atoms with Gasteiger partial charge in [-0.05, 0) is 31.4 Å². The summed E-state index contributed by atoms with van der Waals surface area (Å²) in [4.78, 5) is 24.7. The van der Waals surface area contributed by atoms with Crippen LogP contribution >= 0.6 is 0 Å². The Balaban J connectivity index is 2.28. The molecule has 2 rings (SSSR count). The van der Waals surface area contributed by atoms with Crippen LogP contribution in [0.2, 0.25) is 0 Å². The van der Waals surface area contributed by atoms with Crippen molar-refractivity contribution in [3.05, 3.63) is 28.3 Å². The van der Waals surface area contributed by atoms with Gasteiger partial charge in [0.1, 0.15) is 5.69 Å². The van der Waals surface area contributed by atoms with Gasteiger partial charge in [-0.3, -0.25) is 14.9 Å². The van der Waals surface area contributed by atoms with E-state index in [1.165, 1.54) is 12.1 Å². The Morgan fingerprint density at radius 3 is 2.76 bits per heavy atom. The molecule has 0 aromatic heterocycles. The zero-order valence-electron chi connectivity index (χ0n) is 14.4. The van der Waals surface area contributed by atoms with Crippen molar-refractivity contribution in [3.8, 4) is 0 Å². The van der Waals surface area contributed by atoms with Crippen molar-refractivity contribution >= 4 is 27.1 Å². The first-order valence-electron chi connectivity index (χ1n) is 8.25. The Morgan fingerprint density at radius 2 is 2.16 bits per heavy atom. The van der Waals surface area contributed by atoms with Crippen molar-refractivity contribution in [1.29, 1.82) is 0 Å². The predicted molar refractivity (Wildman–Crippen MR) is 94.4 cm³/mol. The number of hydrogen-bond acceptors (Lipinski definition) is 6. The quantitative estimate of drug-likeness (QED) is 0.604. The summed E-state index contributed by atoms with van der Waals surface area (Å²) in [5.74, 6) is -0.267. The summed E-state index contributed by atoms with van der Waals surface area (Å²) in [7, 11) is -3.53. The SMILES string of the molecule is CCCNC(=O)C1CCCN(c2ccc(S(C)(=O)=O)cc2[N+](=O)[O-])C1. The van der Waals surface area contributed by atoms with Crippen LogP contribution in [0.1, 0.15) is 26.2 Å². The minimum atomic E-state index is -3.53. The minimum Gasteiger partial charge on any atom is -0.365 e. The van der Waals surface area contributed by atoms with Crippen molar-refractivity contribution in [3.63, 3.8) is 0 Å². The van der Waals surface area contributed by atoms with E-state index in [1.54, 1.807) is 4.90 Å². The van der Waals surface area contributed by atoms with Crippen molar-refractivity contribution in [2.24, 2.45) is 5.92 Å². The fraction of sp³-hybridized carbons (Fsp3) is 0.562. The molecule has 138 valence electrons. The lowest BCUT2D eigenvalue weighted by Crippen LogP contribution is -2.43. The molecular formula is C16H23N3O5S. The molecule has 0 aliphatic carbocycles. The number of sulfone groups is 1. The van der Waals surface area contributed by atoms with Gasteiger partial charge in [0.2, 0.25) is 5.91 Å². The molecule has 25 heavy (non-hydrogen) atoms. The van der Waals surface area contributed by atoms with Crippen LogP contribution in [0.4, 0.5) is 11.4 Å². The number of piperidine rings is 1. The van der Waals surface area contributed by atoms with Gasteiger partial charge >= 0.3 is 0 Å². The highest BCUT2D eigenvalue weighted by atomic mass is 32.2. The largest absolute Gasteiger partial charge is 0.365 e. The third-order valence-corrected chi connectivity index (χ3v) is 5.36. The summed E-state index contributed by atoms with van der Waals surface area (Å²) < 4.78 is 23.3. The van der Waals surface area contributed by atoms with Gasteiger partial charge in [0.15, 0.2) is 9.84 Å². The summed E-state index contributed by atoms with van der Waals surface area (Å²) >= 11 is 0.